The number of nitrogens with zero attached hydrogens (tertiary/aromatic N) is 2. The number of hydrogen-bond donors (Lipinski definition) is 1. The van der Waals surface area contributed by atoms with Gasteiger partial charge in [0.25, 0.3) is 0 Å². The molecule has 2 aromatic rings. The van der Waals surface area contributed by atoms with Gasteiger partial charge in [-0.25, -0.2) is 0 Å². The molecule has 0 bridgehead atoms. The first-order chi connectivity index (χ1) is 11.1. The van der Waals surface area contributed by atoms with E-state index in [0.29, 0.717) is 0 Å². The van der Waals surface area contributed by atoms with Gasteiger partial charge in [0.2, 0.25) is 0 Å². The minimum atomic E-state index is 1.13. The number of rotatable bonds is 4. The van der Waals surface area contributed by atoms with Crippen molar-refractivity contribution >= 4 is 11.4 Å². The quantitative estimate of drug-likeness (QED) is 0.926. The molecule has 3 nitrogen and oxygen atoms in total. The van der Waals surface area contributed by atoms with Crippen LogP contribution in [0.2, 0.25) is 0 Å². The number of benzene rings is 2. The summed E-state index contributed by atoms with van der Waals surface area (Å²) in [4.78, 5) is 6.37. The molecule has 1 heterocycles. The molecule has 1 aliphatic rings. The fourth-order valence-corrected chi connectivity index (χ4v) is 3.36. The number of piperazine rings is 1. The van der Waals surface area contributed by atoms with Gasteiger partial charge < -0.3 is 14.7 Å². The summed E-state index contributed by atoms with van der Waals surface area (Å²) in [6, 6.07) is 17.7. The molecule has 0 amide bonds. The SMILES string of the molecule is Cc1ccccc1N1CC[NH+](Cc2ccc(N(C)C)cc2)CC1. The molecule has 0 atom stereocenters. The van der Waals surface area contributed by atoms with Crippen molar-refractivity contribution in [2.75, 3.05) is 50.1 Å². The van der Waals surface area contributed by atoms with Gasteiger partial charge >= 0.3 is 0 Å². The lowest BCUT2D eigenvalue weighted by atomic mass is 10.1. The number of anilines is 2. The highest BCUT2D eigenvalue weighted by Crippen LogP contribution is 2.19. The van der Waals surface area contributed by atoms with Gasteiger partial charge in [0.1, 0.15) is 6.54 Å². The Morgan fingerprint density at radius 2 is 1.61 bits per heavy atom. The van der Waals surface area contributed by atoms with E-state index in [-0.39, 0.29) is 0 Å². The summed E-state index contributed by atoms with van der Waals surface area (Å²) in [5, 5.41) is 0. The average Bonchev–Trinajstić information content (AvgIpc) is 2.57. The third kappa shape index (κ3) is 3.85. The Hall–Kier alpha value is -2.00. The van der Waals surface area contributed by atoms with Crippen LogP contribution in [0.15, 0.2) is 48.5 Å². The highest BCUT2D eigenvalue weighted by Gasteiger charge is 2.21. The predicted molar refractivity (Wildman–Crippen MR) is 98.6 cm³/mol. The van der Waals surface area contributed by atoms with Crippen LogP contribution in [-0.4, -0.2) is 40.3 Å². The van der Waals surface area contributed by atoms with Crippen molar-refractivity contribution in [2.45, 2.75) is 13.5 Å². The third-order valence-corrected chi connectivity index (χ3v) is 4.83. The summed E-state index contributed by atoms with van der Waals surface area (Å²) in [6.07, 6.45) is 0. The molecule has 1 aliphatic heterocycles. The minimum absolute atomic E-state index is 1.13. The lowest BCUT2D eigenvalue weighted by molar-refractivity contribution is -0.914. The average molecular weight is 310 g/mol. The Kier molecular flexibility index (Phi) is 4.87. The summed E-state index contributed by atoms with van der Waals surface area (Å²) >= 11 is 0. The zero-order chi connectivity index (χ0) is 16.2. The normalized spacial score (nSPS) is 15.7. The van der Waals surface area contributed by atoms with Crippen LogP contribution >= 0.6 is 0 Å². The monoisotopic (exact) mass is 310 g/mol. The third-order valence-electron chi connectivity index (χ3n) is 4.83. The summed E-state index contributed by atoms with van der Waals surface area (Å²) in [5.41, 5.74) is 5.50. The second-order valence-electron chi connectivity index (χ2n) is 6.76. The molecule has 0 radical (unpaired) electrons. The van der Waals surface area contributed by atoms with Crippen LogP contribution in [0, 0.1) is 6.92 Å². The van der Waals surface area contributed by atoms with Gasteiger partial charge in [-0.3, -0.25) is 0 Å². The summed E-state index contributed by atoms with van der Waals surface area (Å²) in [5.74, 6) is 0. The van der Waals surface area contributed by atoms with Gasteiger partial charge in [-0.1, -0.05) is 30.3 Å². The molecule has 3 rings (SSSR count). The van der Waals surface area contributed by atoms with Crippen LogP contribution in [0.1, 0.15) is 11.1 Å². The van der Waals surface area contributed by atoms with Crippen LogP contribution < -0.4 is 14.7 Å². The van der Waals surface area contributed by atoms with Gasteiger partial charge in [0.05, 0.1) is 26.2 Å². The maximum atomic E-state index is 2.54. The Bertz CT molecular complexity index is 626. The van der Waals surface area contributed by atoms with E-state index in [1.807, 2.05) is 0 Å². The first kappa shape index (κ1) is 15.9. The van der Waals surface area contributed by atoms with Crippen molar-refractivity contribution in [1.29, 1.82) is 0 Å². The molecule has 0 saturated carbocycles. The lowest BCUT2D eigenvalue weighted by Gasteiger charge is -2.34. The lowest BCUT2D eigenvalue weighted by Crippen LogP contribution is -3.13. The fourth-order valence-electron chi connectivity index (χ4n) is 3.36. The maximum Gasteiger partial charge on any atom is 0.103 e. The van der Waals surface area contributed by atoms with Crippen LogP contribution in [-0.2, 0) is 6.54 Å². The highest BCUT2D eigenvalue weighted by atomic mass is 15.3. The van der Waals surface area contributed by atoms with E-state index in [1.165, 1.54) is 35.6 Å². The van der Waals surface area contributed by atoms with E-state index in [2.05, 4.69) is 79.3 Å². The standard InChI is InChI=1S/C20H27N3/c1-17-6-4-5-7-20(17)23-14-12-22(13-15-23)16-18-8-10-19(11-9-18)21(2)3/h4-11H,12-16H2,1-3H3/p+1. The molecular formula is C20H28N3+. The number of quaternary nitrogens is 1. The van der Waals surface area contributed by atoms with Crippen LogP contribution in [0.5, 0.6) is 0 Å². The van der Waals surface area contributed by atoms with Gasteiger partial charge in [-0.2, -0.15) is 0 Å². The molecule has 0 unspecified atom stereocenters. The van der Waals surface area contributed by atoms with Crippen molar-refractivity contribution in [1.82, 2.24) is 0 Å². The summed E-state index contributed by atoms with van der Waals surface area (Å²) in [7, 11) is 4.18. The summed E-state index contributed by atoms with van der Waals surface area (Å²) < 4.78 is 0. The second-order valence-corrected chi connectivity index (χ2v) is 6.76. The Balaban J connectivity index is 1.56. The number of hydrogen-bond acceptors (Lipinski definition) is 2. The molecule has 0 aliphatic carbocycles. The first-order valence-electron chi connectivity index (χ1n) is 8.54. The predicted octanol–water partition coefficient (Wildman–Crippen LogP) is 1.97. The zero-order valence-electron chi connectivity index (χ0n) is 14.5. The number of aryl methyl sites for hydroxylation is 1. The van der Waals surface area contributed by atoms with E-state index in [4.69, 9.17) is 0 Å². The van der Waals surface area contributed by atoms with E-state index in [0.717, 1.165) is 19.6 Å². The topological polar surface area (TPSA) is 10.9 Å². The molecule has 2 aromatic carbocycles. The van der Waals surface area contributed by atoms with Crippen molar-refractivity contribution in [3.8, 4) is 0 Å². The van der Waals surface area contributed by atoms with E-state index >= 15 is 0 Å². The molecule has 122 valence electrons. The zero-order valence-corrected chi connectivity index (χ0v) is 14.5. The Morgan fingerprint density at radius 3 is 2.22 bits per heavy atom. The number of nitrogens with one attached hydrogen (secondary N) is 1. The van der Waals surface area contributed by atoms with Crippen LogP contribution in [0.25, 0.3) is 0 Å². The molecule has 3 heteroatoms. The van der Waals surface area contributed by atoms with E-state index in [1.54, 1.807) is 4.90 Å². The van der Waals surface area contributed by atoms with Crippen LogP contribution in [0.4, 0.5) is 11.4 Å². The van der Waals surface area contributed by atoms with Crippen LogP contribution in [0.3, 0.4) is 0 Å². The molecule has 1 fully saturated rings. The largest absolute Gasteiger partial charge is 0.378 e. The smallest absolute Gasteiger partial charge is 0.103 e. The van der Waals surface area contributed by atoms with Crippen molar-refractivity contribution < 1.29 is 4.90 Å². The highest BCUT2D eigenvalue weighted by molar-refractivity contribution is 5.53. The fraction of sp³-hybridized carbons (Fsp3) is 0.400. The molecular weight excluding hydrogens is 282 g/mol. The minimum Gasteiger partial charge on any atom is -0.378 e. The maximum absolute atomic E-state index is 2.54. The van der Waals surface area contributed by atoms with E-state index < -0.39 is 0 Å². The van der Waals surface area contributed by atoms with Gasteiger partial charge in [-0.05, 0) is 30.7 Å². The second kappa shape index (κ2) is 7.05. The van der Waals surface area contributed by atoms with Crippen molar-refractivity contribution in [3.63, 3.8) is 0 Å². The molecule has 1 N–H and O–H groups in total. The van der Waals surface area contributed by atoms with Crippen molar-refractivity contribution in [3.05, 3.63) is 59.7 Å². The van der Waals surface area contributed by atoms with Gasteiger partial charge in [-0.15, -0.1) is 0 Å². The first-order valence-corrected chi connectivity index (χ1v) is 8.54. The van der Waals surface area contributed by atoms with Crippen molar-refractivity contribution in [2.24, 2.45) is 0 Å². The summed E-state index contributed by atoms with van der Waals surface area (Å²) in [6.45, 7) is 8.07. The molecule has 23 heavy (non-hydrogen) atoms. The molecule has 0 aromatic heterocycles. The Morgan fingerprint density at radius 1 is 0.957 bits per heavy atom. The molecule has 1 saturated heterocycles. The number of para-hydroxylation sites is 1. The van der Waals surface area contributed by atoms with E-state index in [9.17, 15) is 0 Å². The molecule has 0 spiro atoms. The Labute approximate surface area is 140 Å². The van der Waals surface area contributed by atoms with Gasteiger partial charge in [0.15, 0.2) is 0 Å². The van der Waals surface area contributed by atoms with Gasteiger partial charge in [0, 0.05) is 31.0 Å².